The molecule has 0 aromatic heterocycles. The molecule has 0 aliphatic carbocycles. The van der Waals surface area contributed by atoms with Crippen LogP contribution in [0.4, 0.5) is 9.05 Å². The van der Waals surface area contributed by atoms with Gasteiger partial charge in [0.25, 0.3) is 0 Å². The van der Waals surface area contributed by atoms with Crippen molar-refractivity contribution in [2.45, 2.75) is 0 Å². The summed E-state index contributed by atoms with van der Waals surface area (Å²) in [5.41, 5.74) is 0. The van der Waals surface area contributed by atoms with Gasteiger partial charge in [-0.05, 0) is 0 Å². The summed E-state index contributed by atoms with van der Waals surface area (Å²) >= 11 is 0. The maximum absolute atomic E-state index is 10.9. The van der Waals surface area contributed by atoms with Crippen molar-refractivity contribution in [1.29, 1.82) is 0 Å². The zero-order chi connectivity index (χ0) is 8.85. The Morgan fingerprint density at radius 1 is 1.25 bits per heavy atom. The Morgan fingerprint density at radius 3 is 1.92 bits per heavy atom. The zero-order valence-corrected chi connectivity index (χ0v) is 4.82. The average Bonchev–Trinajstić information content (AvgIpc) is 1.99. The minimum atomic E-state index is -2.60. The first-order valence-corrected chi connectivity index (χ1v) is 2.10. The van der Waals surface area contributed by atoms with Gasteiger partial charge in [0.1, 0.15) is 0 Å². The van der Waals surface area contributed by atoms with Crippen molar-refractivity contribution >= 4 is 38.1 Å². The number of rotatable bonds is 3. The number of carboxylic acids is 1. The van der Waals surface area contributed by atoms with Gasteiger partial charge in [-0.3, -0.25) is 0 Å². The molecule has 0 aromatic rings. The number of carbonyl (C=O) groups excluding carboxylic acids is 1. The Balaban J connectivity index is 0. The van der Waals surface area contributed by atoms with Crippen LogP contribution >= 0.6 is 0 Å². The third kappa shape index (κ3) is 5.09. The van der Waals surface area contributed by atoms with Crippen LogP contribution < -0.4 is 0 Å². The average molecular weight is 178 g/mol. The molecule has 0 saturated heterocycles. The Kier molecular flexibility index (Phi) is 8.19. The molecule has 0 fully saturated rings. The molecular weight excluding hydrogens is 176 g/mol. The minimum absolute atomic E-state index is 0. The van der Waals surface area contributed by atoms with Gasteiger partial charge in [-0.1, -0.05) is 9.05 Å². The summed E-state index contributed by atoms with van der Waals surface area (Å²) in [6.45, 7) is 0. The van der Waals surface area contributed by atoms with Gasteiger partial charge < -0.3 is 9.76 Å². The molecule has 0 aliphatic heterocycles. The molecule has 0 unspecified atom stereocenters. The summed E-state index contributed by atoms with van der Waals surface area (Å²) in [6.07, 6.45) is 0. The topological polar surface area (TPSA) is 82.1 Å². The van der Waals surface area contributed by atoms with E-state index in [0.717, 1.165) is 0 Å². The molecule has 64 valence electrons. The molecule has 6 nitrogen and oxygen atoms in total. The molecule has 0 atom stereocenters. The molecule has 0 radical (unpaired) electrons. The Hall–Kier alpha value is -0.618. The molecule has 0 amide bonds. The van der Waals surface area contributed by atoms with E-state index in [2.05, 4.69) is 14.4 Å². The summed E-state index contributed by atoms with van der Waals surface area (Å²) in [4.78, 5) is 24.6. The predicted octanol–water partition coefficient (Wildman–Crippen LogP) is -1.25. The maximum atomic E-state index is 10.9. The molecule has 0 aromatic carbocycles. The van der Waals surface area contributed by atoms with Crippen molar-refractivity contribution in [3.8, 4) is 0 Å². The Labute approximate surface area is 76.9 Å². The second kappa shape index (κ2) is 7.05. The number of carbonyl (C=O) groups is 2. The quantitative estimate of drug-likeness (QED) is 0.429. The van der Waals surface area contributed by atoms with Crippen LogP contribution in [0.1, 0.15) is 0 Å². The van der Waals surface area contributed by atoms with Crippen molar-refractivity contribution in [2.24, 2.45) is 0 Å². The van der Waals surface area contributed by atoms with Gasteiger partial charge >= 0.3 is 38.1 Å². The first kappa shape index (κ1) is 13.9. The van der Waals surface area contributed by atoms with E-state index in [1.807, 2.05) is 0 Å². The van der Waals surface area contributed by atoms with Crippen molar-refractivity contribution in [3.05, 3.63) is 0 Å². The second-order valence-electron chi connectivity index (χ2n) is 1.18. The van der Waals surface area contributed by atoms with E-state index in [0.29, 0.717) is 0 Å². The fourth-order valence-corrected chi connectivity index (χ4v) is 0.188. The molecule has 0 bridgehead atoms. The van der Waals surface area contributed by atoms with Crippen molar-refractivity contribution in [1.82, 2.24) is 0 Å². The molecular formula is C2H2BF2LiO6. The van der Waals surface area contributed by atoms with Gasteiger partial charge in [-0.2, -0.15) is 9.72 Å². The number of hydrogen-bond donors (Lipinski definition) is 1. The molecule has 0 spiro atoms. The van der Waals surface area contributed by atoms with Crippen LogP contribution in [0.15, 0.2) is 0 Å². The van der Waals surface area contributed by atoms with Crippen LogP contribution in [0.3, 0.4) is 0 Å². The number of aliphatic carboxylic acids is 1. The number of hydrogen-bond acceptors (Lipinski definition) is 5. The van der Waals surface area contributed by atoms with Crippen LogP contribution in [0.25, 0.3) is 0 Å². The van der Waals surface area contributed by atoms with Crippen molar-refractivity contribution in [3.63, 3.8) is 0 Å². The Morgan fingerprint density at radius 2 is 1.67 bits per heavy atom. The van der Waals surface area contributed by atoms with Crippen LogP contribution in [0, 0.1) is 0 Å². The first-order chi connectivity index (χ1) is 5.11. The third-order valence-corrected chi connectivity index (χ3v) is 0.523. The molecule has 12 heavy (non-hydrogen) atoms. The predicted molar refractivity (Wildman–Crippen MR) is 31.0 cm³/mol. The number of carboxylic acid groups (broad SMARTS) is 1. The van der Waals surface area contributed by atoms with E-state index in [4.69, 9.17) is 5.11 Å². The molecule has 10 heteroatoms. The van der Waals surface area contributed by atoms with Crippen molar-refractivity contribution in [2.75, 3.05) is 0 Å². The van der Waals surface area contributed by atoms with Gasteiger partial charge in [-0.25, -0.2) is 9.59 Å². The van der Waals surface area contributed by atoms with E-state index in [1.54, 1.807) is 0 Å². The Bertz CT molecular complexity index is 162. The SMILES string of the molecule is O=C(O)C(=O)OB(OF)OF.[LiH]. The van der Waals surface area contributed by atoms with Crippen molar-refractivity contribution < 1.29 is 38.1 Å². The molecule has 0 saturated carbocycles. The summed E-state index contributed by atoms with van der Waals surface area (Å²) in [6, 6.07) is 0. The molecule has 0 heterocycles. The van der Waals surface area contributed by atoms with Crippen LogP contribution in [0.5, 0.6) is 0 Å². The van der Waals surface area contributed by atoms with E-state index < -0.39 is 19.3 Å². The normalized spacial score (nSPS) is 8.17. The summed E-state index contributed by atoms with van der Waals surface area (Å²) < 4.78 is 25.3. The molecule has 0 rings (SSSR count). The van der Waals surface area contributed by atoms with Crippen LogP contribution in [0.2, 0.25) is 0 Å². The summed E-state index contributed by atoms with van der Waals surface area (Å²) in [7, 11) is -2.60. The fourth-order valence-electron chi connectivity index (χ4n) is 0.188. The van der Waals surface area contributed by atoms with Gasteiger partial charge in [0.15, 0.2) is 0 Å². The van der Waals surface area contributed by atoms with Gasteiger partial charge in [-0.15, -0.1) is 0 Å². The van der Waals surface area contributed by atoms with E-state index in [1.165, 1.54) is 0 Å². The van der Waals surface area contributed by atoms with Crippen LogP contribution in [-0.4, -0.2) is 43.2 Å². The fraction of sp³-hybridized carbons (Fsp3) is 0. The summed E-state index contributed by atoms with van der Waals surface area (Å²) in [5.74, 6) is -3.92. The molecule has 1 N–H and O–H groups in total. The van der Waals surface area contributed by atoms with E-state index >= 15 is 0 Å². The monoisotopic (exact) mass is 178 g/mol. The first-order valence-electron chi connectivity index (χ1n) is 2.10. The van der Waals surface area contributed by atoms with Gasteiger partial charge in [0, 0.05) is 0 Å². The zero-order valence-electron chi connectivity index (χ0n) is 4.82. The van der Waals surface area contributed by atoms with Gasteiger partial charge in [0.05, 0.1) is 0 Å². The second-order valence-corrected chi connectivity index (χ2v) is 1.18. The number of halogens is 2. The standard InChI is InChI=1S/C2HBF2O6.Li.H/c4-10-3(11-5)9-2(8)1(6)7;;/h(H,6,7);;. The summed E-state index contributed by atoms with van der Waals surface area (Å²) in [5, 5.41) is 7.79. The molecule has 0 aliphatic rings. The third-order valence-electron chi connectivity index (χ3n) is 0.523. The van der Waals surface area contributed by atoms with E-state index in [9.17, 15) is 18.6 Å². The van der Waals surface area contributed by atoms with E-state index in [-0.39, 0.29) is 18.9 Å². The van der Waals surface area contributed by atoms with Gasteiger partial charge in [0.2, 0.25) is 0 Å². The van der Waals surface area contributed by atoms with Crippen LogP contribution in [-0.2, 0) is 24.0 Å².